The Morgan fingerprint density at radius 1 is 1.30 bits per heavy atom. The molecule has 0 radical (unpaired) electrons. The Labute approximate surface area is 135 Å². The fraction of sp³-hybridized carbons (Fsp3) is 0.733. The van der Waals surface area contributed by atoms with Crippen molar-refractivity contribution in [2.75, 3.05) is 20.7 Å². The zero-order valence-corrected chi connectivity index (χ0v) is 14.4. The van der Waals surface area contributed by atoms with Gasteiger partial charge in [-0.25, -0.2) is 14.5 Å². The van der Waals surface area contributed by atoms with E-state index in [1.54, 1.807) is 20.8 Å². The van der Waals surface area contributed by atoms with Crippen LogP contribution < -0.4 is 0 Å². The van der Waals surface area contributed by atoms with Crippen LogP contribution >= 0.6 is 0 Å². The van der Waals surface area contributed by atoms with Gasteiger partial charge in [0.1, 0.15) is 5.60 Å². The number of amides is 3. The molecule has 0 aromatic rings. The first-order valence-electron chi connectivity index (χ1n) is 7.35. The van der Waals surface area contributed by atoms with E-state index in [2.05, 4.69) is 4.74 Å². The molecular formula is C15H24N2O6. The van der Waals surface area contributed by atoms with Crippen LogP contribution in [0.4, 0.5) is 4.79 Å². The Morgan fingerprint density at radius 3 is 2.35 bits per heavy atom. The van der Waals surface area contributed by atoms with Crippen LogP contribution in [0.25, 0.3) is 0 Å². The number of rotatable bonds is 4. The highest BCUT2D eigenvalue weighted by Gasteiger charge is 2.46. The molecule has 3 amide bonds. The standard InChI is InChI=1S/C15H24N2O6/c1-9(7-11(18)22-6)12(19)17-10(8-16(5)14(17)21)13(20)23-15(2,3)4/h9-10H,7-8H2,1-6H3/t9-,10+/m1/s1. The van der Waals surface area contributed by atoms with E-state index in [1.807, 2.05) is 0 Å². The van der Waals surface area contributed by atoms with Crippen LogP contribution in [-0.4, -0.2) is 66.0 Å². The van der Waals surface area contributed by atoms with Crippen molar-refractivity contribution in [2.24, 2.45) is 5.92 Å². The molecule has 2 atom stereocenters. The van der Waals surface area contributed by atoms with Crippen molar-refractivity contribution >= 4 is 23.9 Å². The molecule has 0 N–H and O–H groups in total. The number of hydrogen-bond donors (Lipinski definition) is 0. The number of carbonyl (C=O) groups is 4. The first-order valence-corrected chi connectivity index (χ1v) is 7.35. The van der Waals surface area contributed by atoms with Gasteiger partial charge in [-0.1, -0.05) is 6.92 Å². The van der Waals surface area contributed by atoms with Gasteiger partial charge < -0.3 is 14.4 Å². The molecule has 0 aromatic carbocycles. The summed E-state index contributed by atoms with van der Waals surface area (Å²) < 4.78 is 9.80. The van der Waals surface area contributed by atoms with Crippen molar-refractivity contribution in [3.63, 3.8) is 0 Å². The average Bonchev–Trinajstić information content (AvgIpc) is 2.72. The van der Waals surface area contributed by atoms with E-state index < -0.39 is 41.4 Å². The first-order chi connectivity index (χ1) is 10.5. The number of carbonyl (C=O) groups excluding carboxylic acids is 4. The summed E-state index contributed by atoms with van der Waals surface area (Å²) in [6.45, 7) is 6.69. The van der Waals surface area contributed by atoms with Crippen molar-refractivity contribution in [1.82, 2.24) is 9.80 Å². The molecule has 23 heavy (non-hydrogen) atoms. The largest absolute Gasteiger partial charge is 0.469 e. The van der Waals surface area contributed by atoms with Gasteiger partial charge in [0.15, 0.2) is 6.04 Å². The lowest BCUT2D eigenvalue weighted by atomic mass is 10.1. The number of imide groups is 1. The van der Waals surface area contributed by atoms with E-state index in [0.717, 1.165) is 4.90 Å². The van der Waals surface area contributed by atoms with Crippen molar-refractivity contribution < 1.29 is 28.7 Å². The van der Waals surface area contributed by atoms with Gasteiger partial charge in [-0.05, 0) is 20.8 Å². The lowest BCUT2D eigenvalue weighted by molar-refractivity contribution is -0.162. The van der Waals surface area contributed by atoms with Crippen LogP contribution in [0, 0.1) is 5.92 Å². The molecule has 8 nitrogen and oxygen atoms in total. The molecule has 1 fully saturated rings. The van der Waals surface area contributed by atoms with Crippen molar-refractivity contribution in [3.05, 3.63) is 0 Å². The molecule has 1 rings (SSSR count). The third-order valence-electron chi connectivity index (χ3n) is 3.33. The van der Waals surface area contributed by atoms with Crippen LogP contribution in [0.3, 0.4) is 0 Å². The van der Waals surface area contributed by atoms with E-state index in [9.17, 15) is 19.2 Å². The molecule has 0 saturated carbocycles. The summed E-state index contributed by atoms with van der Waals surface area (Å²) in [5, 5.41) is 0. The molecule has 130 valence electrons. The molecule has 0 unspecified atom stereocenters. The zero-order valence-electron chi connectivity index (χ0n) is 14.4. The summed E-state index contributed by atoms with van der Waals surface area (Å²) >= 11 is 0. The van der Waals surface area contributed by atoms with Crippen LogP contribution in [0.15, 0.2) is 0 Å². The molecule has 1 aliphatic heterocycles. The molecule has 0 spiro atoms. The van der Waals surface area contributed by atoms with E-state index in [0.29, 0.717) is 0 Å². The fourth-order valence-electron chi connectivity index (χ4n) is 2.19. The number of hydrogen-bond acceptors (Lipinski definition) is 6. The normalized spacial score (nSPS) is 19.6. The van der Waals surface area contributed by atoms with Gasteiger partial charge in [0, 0.05) is 13.0 Å². The first kappa shape index (κ1) is 18.9. The summed E-state index contributed by atoms with van der Waals surface area (Å²) in [5.74, 6) is -2.57. The van der Waals surface area contributed by atoms with E-state index >= 15 is 0 Å². The Hall–Kier alpha value is -2.12. The SMILES string of the molecule is COC(=O)C[C@@H](C)C(=O)N1C(=O)N(C)C[C@H]1C(=O)OC(C)(C)C. The summed E-state index contributed by atoms with van der Waals surface area (Å²) in [6, 6.07) is -1.60. The third-order valence-corrected chi connectivity index (χ3v) is 3.33. The lowest BCUT2D eigenvalue weighted by Crippen LogP contribution is -2.48. The predicted molar refractivity (Wildman–Crippen MR) is 80.3 cm³/mol. The fourth-order valence-corrected chi connectivity index (χ4v) is 2.19. The Kier molecular flexibility index (Phi) is 5.74. The van der Waals surface area contributed by atoms with E-state index in [-0.39, 0.29) is 13.0 Å². The highest BCUT2D eigenvalue weighted by Crippen LogP contribution is 2.22. The maximum Gasteiger partial charge on any atom is 0.331 e. The lowest BCUT2D eigenvalue weighted by Gasteiger charge is -2.26. The third kappa shape index (κ3) is 4.67. The number of likely N-dealkylation sites (N-methyl/N-ethyl adjacent to an activating group) is 1. The van der Waals surface area contributed by atoms with Gasteiger partial charge in [-0.15, -0.1) is 0 Å². The van der Waals surface area contributed by atoms with Crippen LogP contribution in [0.2, 0.25) is 0 Å². The summed E-state index contributed by atoms with van der Waals surface area (Å²) in [6.07, 6.45) is -0.163. The Balaban J connectivity index is 2.94. The highest BCUT2D eigenvalue weighted by atomic mass is 16.6. The zero-order chi connectivity index (χ0) is 17.9. The average molecular weight is 328 g/mol. The molecule has 1 saturated heterocycles. The van der Waals surface area contributed by atoms with Gasteiger partial charge in [-0.3, -0.25) is 9.59 Å². The minimum absolute atomic E-state index is 0.0600. The maximum atomic E-state index is 12.5. The number of nitrogens with zero attached hydrogens (tertiary/aromatic N) is 2. The van der Waals surface area contributed by atoms with Crippen LogP contribution in [0.1, 0.15) is 34.1 Å². The van der Waals surface area contributed by atoms with Gasteiger partial charge in [0.05, 0.1) is 20.1 Å². The minimum Gasteiger partial charge on any atom is -0.469 e. The number of esters is 2. The Morgan fingerprint density at radius 2 is 1.87 bits per heavy atom. The molecular weight excluding hydrogens is 304 g/mol. The second-order valence-corrected chi connectivity index (χ2v) is 6.60. The Bertz CT molecular complexity index is 511. The van der Waals surface area contributed by atoms with Crippen molar-refractivity contribution in [1.29, 1.82) is 0 Å². The van der Waals surface area contributed by atoms with Crippen molar-refractivity contribution in [2.45, 2.75) is 45.8 Å². The van der Waals surface area contributed by atoms with Crippen LogP contribution in [0.5, 0.6) is 0 Å². The van der Waals surface area contributed by atoms with Crippen molar-refractivity contribution in [3.8, 4) is 0 Å². The molecule has 1 aliphatic rings. The summed E-state index contributed by atoms with van der Waals surface area (Å²) in [4.78, 5) is 50.4. The topological polar surface area (TPSA) is 93.2 Å². The molecule has 1 heterocycles. The number of methoxy groups -OCH3 is 1. The predicted octanol–water partition coefficient (Wildman–Crippen LogP) is 0.790. The molecule has 0 aliphatic carbocycles. The van der Waals surface area contributed by atoms with Gasteiger partial charge in [0.2, 0.25) is 5.91 Å². The minimum atomic E-state index is -1.01. The summed E-state index contributed by atoms with van der Waals surface area (Å²) in [7, 11) is 2.72. The molecule has 8 heteroatoms. The number of urea groups is 1. The van der Waals surface area contributed by atoms with E-state index in [4.69, 9.17) is 4.74 Å². The smallest absolute Gasteiger partial charge is 0.331 e. The highest BCUT2D eigenvalue weighted by molar-refractivity contribution is 6.02. The second-order valence-electron chi connectivity index (χ2n) is 6.60. The second kappa shape index (κ2) is 6.97. The molecule has 0 aromatic heterocycles. The molecule has 0 bridgehead atoms. The monoisotopic (exact) mass is 328 g/mol. The van der Waals surface area contributed by atoms with E-state index in [1.165, 1.54) is 26.0 Å². The number of ether oxygens (including phenoxy) is 2. The quantitative estimate of drug-likeness (QED) is 0.708. The van der Waals surface area contributed by atoms with Gasteiger partial charge in [0.25, 0.3) is 0 Å². The van der Waals surface area contributed by atoms with Gasteiger partial charge in [-0.2, -0.15) is 0 Å². The maximum absolute atomic E-state index is 12.5. The van der Waals surface area contributed by atoms with Gasteiger partial charge >= 0.3 is 18.0 Å². The summed E-state index contributed by atoms with van der Waals surface area (Å²) in [5.41, 5.74) is -0.729. The van der Waals surface area contributed by atoms with Crippen LogP contribution in [-0.2, 0) is 23.9 Å².